The van der Waals surface area contributed by atoms with Crippen molar-refractivity contribution < 1.29 is 14.5 Å². The van der Waals surface area contributed by atoms with Crippen LogP contribution in [0.4, 0.5) is 10.8 Å². The van der Waals surface area contributed by atoms with Crippen LogP contribution in [0.5, 0.6) is 5.75 Å². The summed E-state index contributed by atoms with van der Waals surface area (Å²) in [6.45, 7) is 1.93. The molecule has 7 nitrogen and oxygen atoms in total. The summed E-state index contributed by atoms with van der Waals surface area (Å²) in [6, 6.07) is 9.47. The molecule has 3 aromatic rings. The van der Waals surface area contributed by atoms with Gasteiger partial charge in [-0.15, -0.1) is 11.3 Å². The van der Waals surface area contributed by atoms with Crippen LogP contribution in [-0.4, -0.2) is 22.9 Å². The molecule has 27 heavy (non-hydrogen) atoms. The Labute approximate surface area is 163 Å². The number of carbonyl (C=O) groups excluding carboxylic acids is 1. The Morgan fingerprint density at radius 2 is 2.07 bits per heavy atom. The molecule has 1 heterocycles. The first-order valence-corrected chi connectivity index (χ1v) is 9.00. The first-order valence-electron chi connectivity index (χ1n) is 7.75. The number of methoxy groups -OCH3 is 1. The second-order valence-corrected chi connectivity index (χ2v) is 6.89. The number of nitro groups is 1. The van der Waals surface area contributed by atoms with Crippen molar-refractivity contribution in [1.82, 2.24) is 4.98 Å². The van der Waals surface area contributed by atoms with Gasteiger partial charge in [-0.1, -0.05) is 11.6 Å². The van der Waals surface area contributed by atoms with E-state index in [0.29, 0.717) is 10.8 Å². The zero-order valence-corrected chi connectivity index (χ0v) is 15.9. The molecule has 0 fully saturated rings. The monoisotopic (exact) mass is 403 g/mol. The smallest absolute Gasteiger partial charge is 0.282 e. The summed E-state index contributed by atoms with van der Waals surface area (Å²) >= 11 is 7.09. The van der Waals surface area contributed by atoms with Crippen molar-refractivity contribution in [1.29, 1.82) is 0 Å². The predicted octanol–water partition coefficient (Wildman–Crippen LogP) is 4.94. The minimum Gasteiger partial charge on any atom is -0.496 e. The standard InChI is InChI=1S/C18H14ClN3O4S/c1-10-7-11(3-6-16(10)26-2)14-9-27-18(20-14)21-17(23)13-8-12(19)4-5-15(13)22(24)25/h3-9H,1-2H3,(H,20,21,23). The zero-order valence-electron chi connectivity index (χ0n) is 14.4. The van der Waals surface area contributed by atoms with Gasteiger partial charge in [0.05, 0.1) is 17.7 Å². The third-order valence-electron chi connectivity index (χ3n) is 3.82. The lowest BCUT2D eigenvalue weighted by Crippen LogP contribution is -2.13. The number of anilines is 1. The second-order valence-electron chi connectivity index (χ2n) is 5.60. The number of nitrogens with one attached hydrogen (secondary N) is 1. The lowest BCUT2D eigenvalue weighted by Gasteiger charge is -2.06. The van der Waals surface area contributed by atoms with Gasteiger partial charge in [-0.3, -0.25) is 20.2 Å². The third kappa shape index (κ3) is 4.07. The molecule has 0 aliphatic rings. The number of benzene rings is 2. The molecule has 0 radical (unpaired) electrons. The van der Waals surface area contributed by atoms with Gasteiger partial charge < -0.3 is 4.74 Å². The summed E-state index contributed by atoms with van der Waals surface area (Å²) in [5.41, 5.74) is 2.08. The molecule has 2 aromatic carbocycles. The van der Waals surface area contributed by atoms with E-state index in [1.54, 1.807) is 12.5 Å². The Bertz CT molecular complexity index is 1040. The SMILES string of the molecule is COc1ccc(-c2csc(NC(=O)c3cc(Cl)ccc3[N+](=O)[O-])n2)cc1C. The molecule has 0 aliphatic carbocycles. The highest BCUT2D eigenvalue weighted by molar-refractivity contribution is 7.14. The van der Waals surface area contributed by atoms with Crippen LogP contribution in [0.15, 0.2) is 41.8 Å². The van der Waals surface area contributed by atoms with Crippen molar-refractivity contribution in [2.45, 2.75) is 6.92 Å². The number of aromatic nitrogens is 1. The highest BCUT2D eigenvalue weighted by Gasteiger charge is 2.21. The van der Waals surface area contributed by atoms with Gasteiger partial charge in [0, 0.05) is 22.0 Å². The Balaban J connectivity index is 1.84. The van der Waals surface area contributed by atoms with Crippen molar-refractivity contribution in [2.24, 2.45) is 0 Å². The maximum absolute atomic E-state index is 12.5. The first kappa shape index (κ1) is 18.8. The molecule has 0 saturated carbocycles. The normalized spacial score (nSPS) is 10.5. The number of nitro benzene ring substituents is 1. The summed E-state index contributed by atoms with van der Waals surface area (Å²) in [5, 5.41) is 16.1. The Morgan fingerprint density at radius 1 is 1.30 bits per heavy atom. The molecule has 0 atom stereocenters. The molecule has 138 valence electrons. The Hall–Kier alpha value is -2.97. The number of amides is 1. The largest absolute Gasteiger partial charge is 0.496 e. The number of ether oxygens (including phenoxy) is 1. The lowest BCUT2D eigenvalue weighted by molar-refractivity contribution is -0.385. The quantitative estimate of drug-likeness (QED) is 0.481. The van der Waals surface area contributed by atoms with Gasteiger partial charge in [0.25, 0.3) is 11.6 Å². The number of hydrogen-bond donors (Lipinski definition) is 1. The molecule has 3 rings (SSSR count). The third-order valence-corrected chi connectivity index (χ3v) is 4.81. The van der Waals surface area contributed by atoms with Gasteiger partial charge in [0.2, 0.25) is 0 Å². The fourth-order valence-electron chi connectivity index (χ4n) is 2.52. The van der Waals surface area contributed by atoms with Gasteiger partial charge in [0.1, 0.15) is 11.3 Å². The van der Waals surface area contributed by atoms with Gasteiger partial charge in [-0.25, -0.2) is 4.98 Å². The molecule has 0 unspecified atom stereocenters. The fraction of sp³-hybridized carbons (Fsp3) is 0.111. The van der Waals surface area contributed by atoms with Gasteiger partial charge in [0.15, 0.2) is 5.13 Å². The van der Waals surface area contributed by atoms with Crippen molar-refractivity contribution in [3.05, 3.63) is 68.0 Å². The minimum atomic E-state index is -0.643. The van der Waals surface area contributed by atoms with E-state index in [4.69, 9.17) is 16.3 Å². The molecular formula is C18H14ClN3O4S. The summed E-state index contributed by atoms with van der Waals surface area (Å²) < 4.78 is 5.24. The zero-order chi connectivity index (χ0) is 19.6. The number of rotatable bonds is 5. The van der Waals surface area contributed by atoms with E-state index in [0.717, 1.165) is 16.9 Å². The molecule has 1 amide bonds. The van der Waals surface area contributed by atoms with Crippen LogP contribution in [0.2, 0.25) is 5.02 Å². The van der Waals surface area contributed by atoms with Gasteiger partial charge in [-0.05, 0) is 42.8 Å². The molecule has 1 aromatic heterocycles. The van der Waals surface area contributed by atoms with E-state index >= 15 is 0 Å². The van der Waals surface area contributed by atoms with Crippen LogP contribution in [0, 0.1) is 17.0 Å². The van der Waals surface area contributed by atoms with E-state index in [1.165, 1.54) is 29.5 Å². The Morgan fingerprint density at radius 3 is 2.74 bits per heavy atom. The van der Waals surface area contributed by atoms with Crippen molar-refractivity contribution in [3.63, 3.8) is 0 Å². The molecule has 9 heteroatoms. The van der Waals surface area contributed by atoms with Crippen LogP contribution in [0.25, 0.3) is 11.3 Å². The van der Waals surface area contributed by atoms with E-state index in [-0.39, 0.29) is 16.3 Å². The molecule has 0 aliphatic heterocycles. The summed E-state index contributed by atoms with van der Waals surface area (Å²) in [7, 11) is 1.60. The van der Waals surface area contributed by atoms with Crippen LogP contribution in [0.3, 0.4) is 0 Å². The van der Waals surface area contributed by atoms with Crippen LogP contribution in [-0.2, 0) is 0 Å². The summed E-state index contributed by atoms with van der Waals surface area (Å²) in [4.78, 5) is 27.3. The van der Waals surface area contributed by atoms with E-state index < -0.39 is 10.8 Å². The molecule has 0 saturated heterocycles. The average Bonchev–Trinajstić information content (AvgIpc) is 3.09. The van der Waals surface area contributed by atoms with E-state index in [2.05, 4.69) is 10.3 Å². The van der Waals surface area contributed by atoms with Gasteiger partial charge in [-0.2, -0.15) is 0 Å². The topological polar surface area (TPSA) is 94.4 Å². The number of aryl methyl sites for hydroxylation is 1. The van der Waals surface area contributed by atoms with Crippen molar-refractivity contribution in [2.75, 3.05) is 12.4 Å². The lowest BCUT2D eigenvalue weighted by atomic mass is 10.1. The average molecular weight is 404 g/mol. The summed E-state index contributed by atoms with van der Waals surface area (Å²) in [6.07, 6.45) is 0. The van der Waals surface area contributed by atoms with E-state index in [1.807, 2.05) is 25.1 Å². The number of halogens is 1. The highest BCUT2D eigenvalue weighted by Crippen LogP contribution is 2.30. The fourth-order valence-corrected chi connectivity index (χ4v) is 3.40. The van der Waals surface area contributed by atoms with Crippen LogP contribution >= 0.6 is 22.9 Å². The maximum atomic E-state index is 12.5. The highest BCUT2D eigenvalue weighted by atomic mass is 35.5. The molecule has 1 N–H and O–H groups in total. The van der Waals surface area contributed by atoms with Crippen LogP contribution in [0.1, 0.15) is 15.9 Å². The maximum Gasteiger partial charge on any atom is 0.282 e. The van der Waals surface area contributed by atoms with Gasteiger partial charge >= 0.3 is 0 Å². The summed E-state index contributed by atoms with van der Waals surface area (Å²) in [5.74, 6) is 0.131. The van der Waals surface area contributed by atoms with Crippen LogP contribution < -0.4 is 10.1 Å². The number of hydrogen-bond acceptors (Lipinski definition) is 6. The van der Waals surface area contributed by atoms with Crippen molar-refractivity contribution >= 4 is 39.7 Å². The predicted molar refractivity (Wildman–Crippen MR) is 105 cm³/mol. The number of nitrogens with zero attached hydrogens (tertiary/aromatic N) is 2. The minimum absolute atomic E-state index is 0.121. The molecular weight excluding hydrogens is 390 g/mol. The van der Waals surface area contributed by atoms with Crippen molar-refractivity contribution in [3.8, 4) is 17.0 Å². The number of carbonyl (C=O) groups is 1. The molecule has 0 spiro atoms. The Kier molecular flexibility index (Phi) is 5.38. The second kappa shape index (κ2) is 7.73. The molecule has 0 bridgehead atoms. The number of thiazole rings is 1. The van der Waals surface area contributed by atoms with E-state index in [9.17, 15) is 14.9 Å². The first-order chi connectivity index (χ1) is 12.9.